The quantitative estimate of drug-likeness (QED) is 0.728. The lowest BCUT2D eigenvalue weighted by molar-refractivity contribution is -0.140. The number of carboxylic acid groups (broad SMARTS) is 1. The summed E-state index contributed by atoms with van der Waals surface area (Å²) in [5.41, 5.74) is 0.851. The van der Waals surface area contributed by atoms with Gasteiger partial charge in [0.2, 0.25) is 0 Å². The van der Waals surface area contributed by atoms with Gasteiger partial charge in [-0.2, -0.15) is 0 Å². The van der Waals surface area contributed by atoms with E-state index in [-0.39, 0.29) is 11.6 Å². The maximum atomic E-state index is 13.4. The molecule has 100 valence electrons. The number of carboxylic acids is 1. The van der Waals surface area contributed by atoms with Crippen LogP contribution in [0.25, 0.3) is 0 Å². The van der Waals surface area contributed by atoms with Gasteiger partial charge in [0.1, 0.15) is 0 Å². The standard InChI is InChI=1S/C13H18FNO3/c1-9(13(16)17)8-15-6-5-10-3-4-12(18-2)11(14)7-10/h3-4,7,9,15H,5-6,8H2,1-2H3,(H,16,17). The highest BCUT2D eigenvalue weighted by Gasteiger charge is 2.09. The van der Waals surface area contributed by atoms with E-state index in [0.717, 1.165) is 5.56 Å². The topological polar surface area (TPSA) is 58.6 Å². The van der Waals surface area contributed by atoms with E-state index in [2.05, 4.69) is 5.32 Å². The molecule has 0 heterocycles. The highest BCUT2D eigenvalue weighted by molar-refractivity contribution is 5.69. The molecule has 0 aliphatic rings. The van der Waals surface area contributed by atoms with E-state index in [0.29, 0.717) is 19.5 Å². The Kier molecular flexibility index (Phi) is 5.58. The minimum atomic E-state index is -0.821. The molecule has 1 rings (SSSR count). The van der Waals surface area contributed by atoms with Crippen LogP contribution in [0.2, 0.25) is 0 Å². The van der Waals surface area contributed by atoms with Crippen LogP contribution in [0, 0.1) is 11.7 Å². The molecule has 0 amide bonds. The highest BCUT2D eigenvalue weighted by atomic mass is 19.1. The van der Waals surface area contributed by atoms with Crippen molar-refractivity contribution in [1.29, 1.82) is 0 Å². The van der Waals surface area contributed by atoms with Crippen molar-refractivity contribution in [3.63, 3.8) is 0 Å². The number of hydrogen-bond donors (Lipinski definition) is 2. The predicted molar refractivity (Wildman–Crippen MR) is 66.3 cm³/mol. The lowest BCUT2D eigenvalue weighted by atomic mass is 10.1. The van der Waals surface area contributed by atoms with Crippen LogP contribution in [0.4, 0.5) is 4.39 Å². The van der Waals surface area contributed by atoms with Crippen LogP contribution in [0.5, 0.6) is 5.75 Å². The van der Waals surface area contributed by atoms with Crippen LogP contribution in [-0.4, -0.2) is 31.3 Å². The fourth-order valence-electron chi connectivity index (χ4n) is 1.50. The van der Waals surface area contributed by atoms with Crippen LogP contribution < -0.4 is 10.1 Å². The molecule has 0 aliphatic carbocycles. The Morgan fingerprint density at radius 2 is 2.28 bits per heavy atom. The molecular formula is C13H18FNO3. The van der Waals surface area contributed by atoms with Crippen molar-refractivity contribution in [3.8, 4) is 5.75 Å². The molecule has 5 heteroatoms. The number of halogens is 1. The van der Waals surface area contributed by atoms with Gasteiger partial charge in [-0.1, -0.05) is 13.0 Å². The molecule has 18 heavy (non-hydrogen) atoms. The second kappa shape index (κ2) is 6.96. The zero-order valence-corrected chi connectivity index (χ0v) is 10.6. The van der Waals surface area contributed by atoms with Crippen molar-refractivity contribution in [3.05, 3.63) is 29.6 Å². The summed E-state index contributed by atoms with van der Waals surface area (Å²) < 4.78 is 18.2. The molecule has 0 aromatic heterocycles. The first kappa shape index (κ1) is 14.4. The van der Waals surface area contributed by atoms with Gasteiger partial charge in [0, 0.05) is 6.54 Å². The van der Waals surface area contributed by atoms with E-state index >= 15 is 0 Å². The van der Waals surface area contributed by atoms with Crippen molar-refractivity contribution < 1.29 is 19.0 Å². The van der Waals surface area contributed by atoms with E-state index in [9.17, 15) is 9.18 Å². The van der Waals surface area contributed by atoms with Gasteiger partial charge in [-0.15, -0.1) is 0 Å². The first-order valence-corrected chi connectivity index (χ1v) is 5.80. The van der Waals surface area contributed by atoms with E-state index in [1.54, 1.807) is 19.1 Å². The molecule has 1 unspecified atom stereocenters. The molecule has 0 saturated heterocycles. The molecule has 4 nitrogen and oxygen atoms in total. The molecule has 0 fully saturated rings. The minimum Gasteiger partial charge on any atom is -0.494 e. The van der Waals surface area contributed by atoms with Crippen LogP contribution in [0.15, 0.2) is 18.2 Å². The van der Waals surface area contributed by atoms with Gasteiger partial charge >= 0.3 is 5.97 Å². The SMILES string of the molecule is COc1ccc(CCNCC(C)C(=O)O)cc1F. The van der Waals surface area contributed by atoms with Crippen molar-refractivity contribution in [2.75, 3.05) is 20.2 Å². The van der Waals surface area contributed by atoms with Crippen molar-refractivity contribution in [1.82, 2.24) is 5.32 Å². The number of hydrogen-bond acceptors (Lipinski definition) is 3. The summed E-state index contributed by atoms with van der Waals surface area (Å²) in [6, 6.07) is 4.82. The van der Waals surface area contributed by atoms with E-state index in [1.165, 1.54) is 13.2 Å². The number of carbonyl (C=O) groups is 1. The Labute approximate surface area is 106 Å². The molecule has 1 aromatic carbocycles. The summed E-state index contributed by atoms with van der Waals surface area (Å²) in [4.78, 5) is 10.6. The zero-order valence-electron chi connectivity index (χ0n) is 10.6. The van der Waals surface area contributed by atoms with E-state index in [1.807, 2.05) is 0 Å². The number of aliphatic carboxylic acids is 1. The van der Waals surface area contributed by atoms with Gasteiger partial charge in [0.05, 0.1) is 13.0 Å². The third-order valence-corrected chi connectivity index (χ3v) is 2.68. The van der Waals surface area contributed by atoms with Gasteiger partial charge < -0.3 is 15.2 Å². The minimum absolute atomic E-state index is 0.228. The summed E-state index contributed by atoms with van der Waals surface area (Å²) >= 11 is 0. The maximum absolute atomic E-state index is 13.4. The monoisotopic (exact) mass is 255 g/mol. The molecule has 0 bridgehead atoms. The van der Waals surface area contributed by atoms with Crippen LogP contribution in [-0.2, 0) is 11.2 Å². The average Bonchev–Trinajstić information content (AvgIpc) is 2.34. The third kappa shape index (κ3) is 4.33. The van der Waals surface area contributed by atoms with Crippen LogP contribution in [0.3, 0.4) is 0 Å². The molecule has 0 saturated carbocycles. The number of nitrogens with one attached hydrogen (secondary N) is 1. The first-order valence-electron chi connectivity index (χ1n) is 5.80. The molecular weight excluding hydrogens is 237 g/mol. The van der Waals surface area contributed by atoms with Gasteiger partial charge in [0.15, 0.2) is 11.6 Å². The summed E-state index contributed by atoms with van der Waals surface area (Å²) in [5.74, 6) is -1.39. The molecule has 1 atom stereocenters. The van der Waals surface area contributed by atoms with Crippen molar-refractivity contribution >= 4 is 5.97 Å². The Morgan fingerprint density at radius 3 is 2.83 bits per heavy atom. The molecule has 0 aliphatic heterocycles. The fourth-order valence-corrected chi connectivity index (χ4v) is 1.50. The average molecular weight is 255 g/mol. The Hall–Kier alpha value is -1.62. The summed E-state index contributed by atoms with van der Waals surface area (Å²) in [7, 11) is 1.42. The molecule has 0 radical (unpaired) electrons. The van der Waals surface area contributed by atoms with Gasteiger partial charge in [-0.05, 0) is 30.7 Å². The number of ether oxygens (including phenoxy) is 1. The van der Waals surface area contributed by atoms with E-state index in [4.69, 9.17) is 9.84 Å². The van der Waals surface area contributed by atoms with Gasteiger partial charge in [-0.3, -0.25) is 4.79 Å². The predicted octanol–water partition coefficient (Wildman–Crippen LogP) is 1.69. The largest absolute Gasteiger partial charge is 0.494 e. The first-order chi connectivity index (χ1) is 8.54. The zero-order chi connectivity index (χ0) is 13.5. The van der Waals surface area contributed by atoms with Crippen LogP contribution >= 0.6 is 0 Å². The van der Waals surface area contributed by atoms with Gasteiger partial charge in [-0.25, -0.2) is 4.39 Å². The summed E-state index contributed by atoms with van der Waals surface area (Å²) in [6.07, 6.45) is 0.646. The Bertz CT molecular complexity index is 409. The Balaban J connectivity index is 2.36. The normalized spacial score (nSPS) is 12.2. The van der Waals surface area contributed by atoms with Crippen molar-refractivity contribution in [2.45, 2.75) is 13.3 Å². The highest BCUT2D eigenvalue weighted by Crippen LogP contribution is 2.17. The summed E-state index contributed by atoms with van der Waals surface area (Å²) in [6.45, 7) is 2.67. The van der Waals surface area contributed by atoms with Gasteiger partial charge in [0.25, 0.3) is 0 Å². The number of methoxy groups -OCH3 is 1. The third-order valence-electron chi connectivity index (χ3n) is 2.68. The molecule has 0 spiro atoms. The van der Waals surface area contributed by atoms with Crippen LogP contribution in [0.1, 0.15) is 12.5 Å². The maximum Gasteiger partial charge on any atom is 0.307 e. The smallest absolute Gasteiger partial charge is 0.307 e. The lowest BCUT2D eigenvalue weighted by Gasteiger charge is -2.09. The van der Waals surface area contributed by atoms with E-state index < -0.39 is 11.9 Å². The number of benzene rings is 1. The summed E-state index contributed by atoms with van der Waals surface area (Å²) in [5, 5.41) is 11.7. The van der Waals surface area contributed by atoms with Crippen molar-refractivity contribution in [2.24, 2.45) is 5.92 Å². The second-order valence-corrected chi connectivity index (χ2v) is 4.16. The molecule has 2 N–H and O–H groups in total. The molecule has 1 aromatic rings. The Morgan fingerprint density at radius 1 is 1.56 bits per heavy atom. The lowest BCUT2D eigenvalue weighted by Crippen LogP contribution is -2.27. The second-order valence-electron chi connectivity index (χ2n) is 4.16. The number of rotatable bonds is 7. The fraction of sp³-hybridized carbons (Fsp3) is 0.462.